The van der Waals surface area contributed by atoms with Gasteiger partial charge in [-0.15, -0.1) is 0 Å². The van der Waals surface area contributed by atoms with Gasteiger partial charge in [0.25, 0.3) is 0 Å². The average Bonchev–Trinajstić information content (AvgIpc) is 2.74. The van der Waals surface area contributed by atoms with Gasteiger partial charge in [-0.25, -0.2) is 0 Å². The summed E-state index contributed by atoms with van der Waals surface area (Å²) in [6.07, 6.45) is 5.74. The van der Waals surface area contributed by atoms with Crippen molar-refractivity contribution < 1.29 is 9.59 Å². The molecule has 0 unspecified atom stereocenters. The molecule has 0 atom stereocenters. The van der Waals surface area contributed by atoms with Crippen LogP contribution >= 0.6 is 0 Å². The highest BCUT2D eigenvalue weighted by Gasteiger charge is 2.24. The molecule has 1 heterocycles. The summed E-state index contributed by atoms with van der Waals surface area (Å²) in [6.45, 7) is 5.95. The smallest absolute Gasteiger partial charge is 0.311 e. The third-order valence-corrected chi connectivity index (χ3v) is 4.51. The van der Waals surface area contributed by atoms with Gasteiger partial charge in [-0.05, 0) is 37.6 Å². The molecule has 5 heteroatoms. The van der Waals surface area contributed by atoms with E-state index in [-0.39, 0.29) is 5.91 Å². The third kappa shape index (κ3) is 4.47. The summed E-state index contributed by atoms with van der Waals surface area (Å²) in [6, 6.07) is 0. The van der Waals surface area contributed by atoms with Gasteiger partial charge in [0.05, 0.1) is 0 Å². The van der Waals surface area contributed by atoms with Crippen LogP contribution in [0.2, 0.25) is 0 Å². The molecule has 0 aromatic rings. The Balaban J connectivity index is 1.72. The fourth-order valence-electron chi connectivity index (χ4n) is 3.04. The molecule has 2 rings (SSSR count). The molecule has 1 aliphatic heterocycles. The fraction of sp³-hybridized carbons (Fsp3) is 0.867. The zero-order chi connectivity index (χ0) is 14.4. The summed E-state index contributed by atoms with van der Waals surface area (Å²) in [5, 5.41) is 6.07. The zero-order valence-electron chi connectivity index (χ0n) is 12.5. The van der Waals surface area contributed by atoms with Crippen LogP contribution in [0.5, 0.6) is 0 Å². The molecule has 1 saturated carbocycles. The van der Waals surface area contributed by atoms with Crippen LogP contribution in [0.3, 0.4) is 0 Å². The van der Waals surface area contributed by atoms with Gasteiger partial charge in [-0.2, -0.15) is 0 Å². The SMILES string of the molecule is CC1CCC(CNC(=O)C(=O)N2CCCNCC2)CC1. The molecule has 0 aromatic heterocycles. The highest BCUT2D eigenvalue weighted by molar-refractivity contribution is 6.35. The Hall–Kier alpha value is -1.10. The van der Waals surface area contributed by atoms with E-state index in [0.717, 1.165) is 25.4 Å². The molecule has 1 aliphatic carbocycles. The average molecular weight is 281 g/mol. The van der Waals surface area contributed by atoms with Gasteiger partial charge in [-0.1, -0.05) is 19.8 Å². The van der Waals surface area contributed by atoms with Crippen molar-refractivity contribution in [2.75, 3.05) is 32.7 Å². The number of carbonyl (C=O) groups is 2. The first kappa shape index (κ1) is 15.3. The molecule has 114 valence electrons. The Morgan fingerprint density at radius 1 is 1.15 bits per heavy atom. The minimum absolute atomic E-state index is 0.363. The molecule has 2 fully saturated rings. The van der Waals surface area contributed by atoms with Gasteiger partial charge in [0, 0.05) is 26.2 Å². The third-order valence-electron chi connectivity index (χ3n) is 4.51. The van der Waals surface area contributed by atoms with Crippen molar-refractivity contribution in [1.29, 1.82) is 0 Å². The summed E-state index contributed by atoms with van der Waals surface area (Å²) in [4.78, 5) is 25.7. The minimum atomic E-state index is -0.425. The van der Waals surface area contributed by atoms with Crippen LogP contribution < -0.4 is 10.6 Å². The Labute approximate surface area is 121 Å². The second kappa shape index (κ2) is 7.62. The first-order valence-electron chi connectivity index (χ1n) is 7.94. The molecular weight excluding hydrogens is 254 g/mol. The van der Waals surface area contributed by atoms with E-state index in [4.69, 9.17) is 0 Å². The molecule has 20 heavy (non-hydrogen) atoms. The molecular formula is C15H27N3O2. The van der Waals surface area contributed by atoms with Gasteiger partial charge < -0.3 is 15.5 Å². The van der Waals surface area contributed by atoms with Crippen LogP contribution in [0.25, 0.3) is 0 Å². The second-order valence-corrected chi connectivity index (χ2v) is 6.23. The lowest BCUT2D eigenvalue weighted by Crippen LogP contribution is -2.45. The van der Waals surface area contributed by atoms with Crippen LogP contribution in [0.1, 0.15) is 39.0 Å². The minimum Gasteiger partial charge on any atom is -0.348 e. The maximum absolute atomic E-state index is 12.1. The monoisotopic (exact) mass is 281 g/mol. The topological polar surface area (TPSA) is 61.4 Å². The van der Waals surface area contributed by atoms with Gasteiger partial charge in [0.2, 0.25) is 0 Å². The molecule has 2 aliphatic rings. The van der Waals surface area contributed by atoms with Crippen molar-refractivity contribution in [2.24, 2.45) is 11.8 Å². The van der Waals surface area contributed by atoms with Crippen molar-refractivity contribution in [3.05, 3.63) is 0 Å². The maximum Gasteiger partial charge on any atom is 0.311 e. The van der Waals surface area contributed by atoms with Gasteiger partial charge in [0.1, 0.15) is 0 Å². The van der Waals surface area contributed by atoms with Crippen LogP contribution in [0.15, 0.2) is 0 Å². The highest BCUT2D eigenvalue weighted by atomic mass is 16.2. The molecule has 0 aromatic carbocycles. The first-order chi connectivity index (χ1) is 9.66. The molecule has 5 nitrogen and oxygen atoms in total. The number of nitrogens with one attached hydrogen (secondary N) is 2. The van der Waals surface area contributed by atoms with E-state index in [1.165, 1.54) is 25.7 Å². The standard InChI is InChI=1S/C15H27N3O2/c1-12-3-5-13(6-4-12)11-17-14(19)15(20)18-9-2-7-16-8-10-18/h12-13,16H,2-11H2,1H3,(H,17,19). The lowest BCUT2D eigenvalue weighted by Gasteiger charge is -2.26. The first-order valence-corrected chi connectivity index (χ1v) is 7.94. The van der Waals surface area contributed by atoms with Crippen LogP contribution in [-0.2, 0) is 9.59 Å². The predicted octanol–water partition coefficient (Wildman–Crippen LogP) is 0.751. The van der Waals surface area contributed by atoms with E-state index in [9.17, 15) is 9.59 Å². The van der Waals surface area contributed by atoms with E-state index < -0.39 is 5.91 Å². The Bertz CT molecular complexity index is 330. The Morgan fingerprint density at radius 3 is 2.65 bits per heavy atom. The lowest BCUT2D eigenvalue weighted by atomic mass is 9.83. The summed E-state index contributed by atoms with van der Waals surface area (Å²) >= 11 is 0. The van der Waals surface area contributed by atoms with E-state index in [1.54, 1.807) is 4.90 Å². The number of rotatable bonds is 2. The fourth-order valence-corrected chi connectivity index (χ4v) is 3.04. The number of nitrogens with zero attached hydrogens (tertiary/aromatic N) is 1. The largest absolute Gasteiger partial charge is 0.348 e. The summed E-state index contributed by atoms with van der Waals surface area (Å²) < 4.78 is 0. The molecule has 2 N–H and O–H groups in total. The zero-order valence-corrected chi connectivity index (χ0v) is 12.5. The van der Waals surface area contributed by atoms with E-state index in [1.807, 2.05) is 0 Å². The number of hydrogen-bond acceptors (Lipinski definition) is 3. The van der Waals surface area contributed by atoms with Gasteiger partial charge >= 0.3 is 11.8 Å². The van der Waals surface area contributed by atoms with Crippen molar-refractivity contribution >= 4 is 11.8 Å². The molecule has 0 spiro atoms. The Morgan fingerprint density at radius 2 is 1.90 bits per heavy atom. The van der Waals surface area contributed by atoms with Gasteiger partial charge in [0.15, 0.2) is 0 Å². The van der Waals surface area contributed by atoms with Crippen molar-refractivity contribution in [1.82, 2.24) is 15.5 Å². The molecule has 0 radical (unpaired) electrons. The maximum atomic E-state index is 12.1. The molecule has 2 amide bonds. The number of carbonyl (C=O) groups excluding carboxylic acids is 2. The summed E-state index contributed by atoms with van der Waals surface area (Å²) in [5.74, 6) is 0.574. The van der Waals surface area contributed by atoms with E-state index in [0.29, 0.717) is 25.6 Å². The molecule has 0 bridgehead atoms. The summed E-state index contributed by atoms with van der Waals surface area (Å²) in [5.41, 5.74) is 0. The predicted molar refractivity (Wildman–Crippen MR) is 78.2 cm³/mol. The number of amides is 2. The number of hydrogen-bond donors (Lipinski definition) is 2. The Kier molecular flexibility index (Phi) is 5.83. The summed E-state index contributed by atoms with van der Waals surface area (Å²) in [7, 11) is 0. The van der Waals surface area contributed by atoms with E-state index >= 15 is 0 Å². The van der Waals surface area contributed by atoms with Crippen LogP contribution in [-0.4, -0.2) is 49.4 Å². The van der Waals surface area contributed by atoms with Crippen LogP contribution in [0.4, 0.5) is 0 Å². The highest BCUT2D eigenvalue weighted by Crippen LogP contribution is 2.27. The van der Waals surface area contributed by atoms with Crippen LogP contribution in [0, 0.1) is 11.8 Å². The lowest BCUT2D eigenvalue weighted by molar-refractivity contribution is -0.145. The second-order valence-electron chi connectivity index (χ2n) is 6.23. The van der Waals surface area contributed by atoms with Crippen molar-refractivity contribution in [2.45, 2.75) is 39.0 Å². The normalized spacial score (nSPS) is 27.8. The quantitative estimate of drug-likeness (QED) is 0.734. The van der Waals surface area contributed by atoms with E-state index in [2.05, 4.69) is 17.6 Å². The molecule has 1 saturated heterocycles. The van der Waals surface area contributed by atoms with Crippen molar-refractivity contribution in [3.8, 4) is 0 Å². The van der Waals surface area contributed by atoms with Crippen molar-refractivity contribution in [3.63, 3.8) is 0 Å². The van der Waals surface area contributed by atoms with Gasteiger partial charge in [-0.3, -0.25) is 9.59 Å².